The van der Waals surface area contributed by atoms with Crippen molar-refractivity contribution >= 4 is 29.9 Å². The van der Waals surface area contributed by atoms with E-state index in [0.717, 1.165) is 49.9 Å². The van der Waals surface area contributed by atoms with Crippen molar-refractivity contribution in [2.75, 3.05) is 20.7 Å². The van der Waals surface area contributed by atoms with E-state index in [9.17, 15) is 0 Å². The number of hydrogen-bond donors (Lipinski definition) is 2. The third-order valence-corrected chi connectivity index (χ3v) is 4.92. The zero-order valence-electron chi connectivity index (χ0n) is 16.2. The molecule has 1 aromatic heterocycles. The van der Waals surface area contributed by atoms with E-state index in [2.05, 4.69) is 44.8 Å². The maximum absolute atomic E-state index is 5.22. The molecule has 2 atom stereocenters. The van der Waals surface area contributed by atoms with Gasteiger partial charge in [0.15, 0.2) is 5.96 Å². The van der Waals surface area contributed by atoms with Crippen molar-refractivity contribution in [2.24, 2.45) is 4.99 Å². The molecule has 0 saturated heterocycles. The van der Waals surface area contributed by atoms with Gasteiger partial charge in [-0.15, -0.1) is 24.0 Å². The molecule has 2 unspecified atom stereocenters. The van der Waals surface area contributed by atoms with Gasteiger partial charge in [0.25, 0.3) is 0 Å². The summed E-state index contributed by atoms with van der Waals surface area (Å²) in [5.41, 5.74) is 1.32. The van der Waals surface area contributed by atoms with E-state index in [1.54, 1.807) is 13.4 Å². The molecule has 7 nitrogen and oxygen atoms in total. The molecule has 2 N–H and O–H groups in total. The molecule has 0 aliphatic carbocycles. The Morgan fingerprint density at radius 2 is 2.15 bits per heavy atom. The van der Waals surface area contributed by atoms with Gasteiger partial charge in [-0.1, -0.05) is 19.1 Å². The zero-order valence-corrected chi connectivity index (χ0v) is 18.5. The minimum atomic E-state index is 0. The van der Waals surface area contributed by atoms with Crippen LogP contribution in [0.2, 0.25) is 0 Å². The number of rotatable bonds is 6. The molecule has 148 valence electrons. The van der Waals surface area contributed by atoms with Crippen molar-refractivity contribution in [2.45, 2.75) is 44.7 Å². The third-order valence-electron chi connectivity index (χ3n) is 4.92. The van der Waals surface area contributed by atoms with Gasteiger partial charge in [0.1, 0.15) is 17.9 Å². The van der Waals surface area contributed by atoms with Gasteiger partial charge in [0, 0.05) is 26.1 Å². The molecule has 1 aliphatic rings. The Hall–Kier alpha value is -1.84. The largest absolute Gasteiger partial charge is 0.497 e. The average Bonchev–Trinajstić information content (AvgIpc) is 3.15. The van der Waals surface area contributed by atoms with Crippen LogP contribution in [0.5, 0.6) is 5.75 Å². The van der Waals surface area contributed by atoms with Crippen LogP contribution in [0.1, 0.15) is 37.1 Å². The molecule has 2 aromatic rings. The van der Waals surface area contributed by atoms with Crippen LogP contribution in [0.25, 0.3) is 0 Å². The summed E-state index contributed by atoms with van der Waals surface area (Å²) < 4.78 is 7.19. The monoisotopic (exact) mass is 484 g/mol. The lowest BCUT2D eigenvalue weighted by Gasteiger charge is -2.25. The Morgan fingerprint density at radius 3 is 2.85 bits per heavy atom. The standard InChI is InChI=1S/C19H28N6O.HI/c1-14(15-4-7-17(26-3)8-5-15)10-11-21-19(20-2)24-16-6-9-18-22-13-23-25(18)12-16;/h4-5,7-8,13-14,16H,6,9-12H2,1-3H3,(H2,20,21,24);1H. The van der Waals surface area contributed by atoms with Gasteiger partial charge in [0.05, 0.1) is 13.7 Å². The number of aryl methyl sites for hydroxylation is 1. The molecule has 0 radical (unpaired) electrons. The number of nitrogens with one attached hydrogen (secondary N) is 2. The van der Waals surface area contributed by atoms with Crippen molar-refractivity contribution in [3.63, 3.8) is 0 Å². The molecule has 0 bridgehead atoms. The van der Waals surface area contributed by atoms with Crippen molar-refractivity contribution in [3.8, 4) is 5.75 Å². The van der Waals surface area contributed by atoms with E-state index >= 15 is 0 Å². The van der Waals surface area contributed by atoms with Crippen LogP contribution in [0, 0.1) is 0 Å². The van der Waals surface area contributed by atoms with Gasteiger partial charge in [-0.2, -0.15) is 5.10 Å². The number of aromatic nitrogens is 3. The second kappa shape index (κ2) is 10.5. The molecule has 0 saturated carbocycles. The lowest BCUT2D eigenvalue weighted by atomic mass is 9.98. The number of ether oxygens (including phenoxy) is 1. The van der Waals surface area contributed by atoms with Gasteiger partial charge in [-0.3, -0.25) is 4.99 Å². The van der Waals surface area contributed by atoms with Gasteiger partial charge in [0.2, 0.25) is 0 Å². The molecule has 1 aromatic carbocycles. The van der Waals surface area contributed by atoms with Gasteiger partial charge >= 0.3 is 0 Å². The van der Waals surface area contributed by atoms with Crippen molar-refractivity contribution in [3.05, 3.63) is 42.0 Å². The fourth-order valence-corrected chi connectivity index (χ4v) is 3.25. The first-order valence-electron chi connectivity index (χ1n) is 9.17. The van der Waals surface area contributed by atoms with E-state index in [1.807, 2.05) is 23.9 Å². The number of nitrogens with zero attached hydrogens (tertiary/aromatic N) is 4. The Labute approximate surface area is 178 Å². The third kappa shape index (κ3) is 5.82. The van der Waals surface area contributed by atoms with E-state index in [4.69, 9.17) is 4.74 Å². The highest BCUT2D eigenvalue weighted by molar-refractivity contribution is 14.0. The molecule has 0 amide bonds. The molecular formula is C19H29IN6O. The highest BCUT2D eigenvalue weighted by Gasteiger charge is 2.20. The fraction of sp³-hybridized carbons (Fsp3) is 0.526. The minimum absolute atomic E-state index is 0. The predicted octanol–water partition coefficient (Wildman–Crippen LogP) is 2.58. The average molecular weight is 484 g/mol. The normalized spacial score (nSPS) is 17.4. The summed E-state index contributed by atoms with van der Waals surface area (Å²) in [6, 6.07) is 8.62. The van der Waals surface area contributed by atoms with Crippen LogP contribution in [0.4, 0.5) is 0 Å². The van der Waals surface area contributed by atoms with Gasteiger partial charge < -0.3 is 15.4 Å². The minimum Gasteiger partial charge on any atom is -0.497 e. The maximum Gasteiger partial charge on any atom is 0.191 e. The summed E-state index contributed by atoms with van der Waals surface area (Å²) in [5, 5.41) is 11.2. The number of aliphatic imine (C=N–C) groups is 1. The van der Waals surface area contributed by atoms with Crippen LogP contribution >= 0.6 is 24.0 Å². The first-order chi connectivity index (χ1) is 12.7. The Bertz CT molecular complexity index is 730. The summed E-state index contributed by atoms with van der Waals surface area (Å²) in [5.74, 6) is 3.28. The summed E-state index contributed by atoms with van der Waals surface area (Å²) in [6.45, 7) is 3.94. The van der Waals surface area contributed by atoms with E-state index in [0.29, 0.717) is 12.0 Å². The fourth-order valence-electron chi connectivity index (χ4n) is 3.25. The summed E-state index contributed by atoms with van der Waals surface area (Å²) in [4.78, 5) is 8.62. The zero-order chi connectivity index (χ0) is 18.4. The summed E-state index contributed by atoms with van der Waals surface area (Å²) in [6.07, 6.45) is 4.65. The summed E-state index contributed by atoms with van der Waals surface area (Å²) >= 11 is 0. The quantitative estimate of drug-likeness (QED) is 0.375. The van der Waals surface area contributed by atoms with E-state index in [-0.39, 0.29) is 24.0 Å². The smallest absolute Gasteiger partial charge is 0.191 e. The van der Waals surface area contributed by atoms with Crippen molar-refractivity contribution < 1.29 is 4.74 Å². The topological polar surface area (TPSA) is 76.4 Å². The number of methoxy groups -OCH3 is 1. The number of halogens is 1. The van der Waals surface area contributed by atoms with Crippen LogP contribution in [-0.4, -0.2) is 47.5 Å². The highest BCUT2D eigenvalue weighted by atomic mass is 127. The molecule has 3 rings (SSSR count). The molecule has 27 heavy (non-hydrogen) atoms. The Kier molecular flexibility index (Phi) is 8.33. The Morgan fingerprint density at radius 1 is 1.37 bits per heavy atom. The van der Waals surface area contributed by atoms with E-state index in [1.165, 1.54) is 5.56 Å². The lowest BCUT2D eigenvalue weighted by molar-refractivity contribution is 0.392. The van der Waals surface area contributed by atoms with E-state index < -0.39 is 0 Å². The second-order valence-electron chi connectivity index (χ2n) is 6.70. The molecule has 8 heteroatoms. The van der Waals surface area contributed by atoms with Gasteiger partial charge in [-0.05, 0) is 36.5 Å². The van der Waals surface area contributed by atoms with Crippen LogP contribution in [0.3, 0.4) is 0 Å². The molecule has 2 heterocycles. The lowest BCUT2D eigenvalue weighted by Crippen LogP contribution is -2.47. The SMILES string of the molecule is CN=C(NCCC(C)c1ccc(OC)cc1)NC1CCc2ncnn2C1.I. The second-order valence-corrected chi connectivity index (χ2v) is 6.70. The number of guanidine groups is 1. The molecule has 1 aliphatic heterocycles. The van der Waals surface area contributed by atoms with Gasteiger partial charge in [-0.25, -0.2) is 9.67 Å². The molecule has 0 spiro atoms. The number of fused-ring (bicyclic) bond motifs is 1. The van der Waals surface area contributed by atoms with Crippen LogP contribution in [-0.2, 0) is 13.0 Å². The van der Waals surface area contributed by atoms with Crippen LogP contribution in [0.15, 0.2) is 35.6 Å². The van der Waals surface area contributed by atoms with Crippen molar-refractivity contribution in [1.29, 1.82) is 0 Å². The Balaban J connectivity index is 0.00000261. The summed E-state index contributed by atoms with van der Waals surface area (Å²) in [7, 11) is 3.50. The number of hydrogen-bond acceptors (Lipinski definition) is 4. The molecular weight excluding hydrogens is 455 g/mol. The van der Waals surface area contributed by atoms with Crippen LogP contribution < -0.4 is 15.4 Å². The van der Waals surface area contributed by atoms with Crippen molar-refractivity contribution in [1.82, 2.24) is 25.4 Å². The molecule has 0 fully saturated rings. The first kappa shape index (κ1) is 21.5. The highest BCUT2D eigenvalue weighted by Crippen LogP contribution is 2.21. The maximum atomic E-state index is 5.22. The first-order valence-corrected chi connectivity index (χ1v) is 9.17. The number of benzene rings is 1. The predicted molar refractivity (Wildman–Crippen MR) is 118 cm³/mol.